The minimum atomic E-state index is -0.427. The Hall–Kier alpha value is -3.74. The molecule has 0 atom stereocenters. The van der Waals surface area contributed by atoms with Gasteiger partial charge in [-0.3, -0.25) is 24.4 Å². The number of imide groups is 1. The molecule has 1 aliphatic rings. The molecular weight excluding hydrogens is 416 g/mol. The number of hydrogen-bond donors (Lipinski definition) is 1. The third kappa shape index (κ3) is 3.95. The number of carbonyl (C=O) groups excluding carboxylic acids is 2. The van der Waals surface area contributed by atoms with Crippen LogP contribution in [0.25, 0.3) is 17.0 Å². The molecule has 1 aliphatic heterocycles. The van der Waals surface area contributed by atoms with Crippen molar-refractivity contribution in [3.05, 3.63) is 82.0 Å². The number of rotatable bonds is 7. The predicted octanol–water partition coefficient (Wildman–Crippen LogP) is 2.97. The van der Waals surface area contributed by atoms with Gasteiger partial charge in [0.25, 0.3) is 17.2 Å². The zero-order valence-corrected chi connectivity index (χ0v) is 19.5. The zero-order valence-electron chi connectivity index (χ0n) is 19.5. The summed E-state index contributed by atoms with van der Waals surface area (Å²) >= 11 is 0. The van der Waals surface area contributed by atoms with Gasteiger partial charge in [-0.05, 0) is 37.0 Å². The number of amides is 2. The van der Waals surface area contributed by atoms with Crippen LogP contribution in [-0.2, 0) is 22.4 Å². The molecule has 0 bridgehead atoms. The fraction of sp³-hybridized carbons (Fsp3) is 0.308. The van der Waals surface area contributed by atoms with Crippen LogP contribution in [0.15, 0.2) is 59.7 Å². The highest BCUT2D eigenvalue weighted by Crippen LogP contribution is 2.30. The number of carbonyl (C=O) groups is 2. The molecule has 4 rings (SSSR count). The molecule has 0 saturated carbocycles. The number of para-hydroxylation sites is 1. The molecule has 3 heterocycles. The Morgan fingerprint density at radius 2 is 1.67 bits per heavy atom. The van der Waals surface area contributed by atoms with Crippen LogP contribution in [0.5, 0.6) is 0 Å². The Morgan fingerprint density at radius 3 is 2.30 bits per heavy atom. The Labute approximate surface area is 193 Å². The zero-order chi connectivity index (χ0) is 23.7. The van der Waals surface area contributed by atoms with Gasteiger partial charge >= 0.3 is 5.91 Å². The van der Waals surface area contributed by atoms with Crippen molar-refractivity contribution in [1.29, 1.82) is 0 Å². The second-order valence-electron chi connectivity index (χ2n) is 8.61. The summed E-state index contributed by atoms with van der Waals surface area (Å²) in [6.07, 6.45) is 4.90. The minimum Gasteiger partial charge on any atom is -0.294 e. The standard InChI is InChI=1S/C26H28N4O3/c1-5-18-11-10-14-28(16-18)23-22(24(31)29(26(23)33)15-17(3)4)21-20(6-2)27-30(25(21)32)19-12-8-7-9-13-19/h7-14,16-17H,5-6,15H2,1-4H3/p+1. The Bertz CT molecular complexity index is 1300. The lowest BCUT2D eigenvalue weighted by molar-refractivity contribution is -0.577. The Kier molecular flexibility index (Phi) is 6.14. The van der Waals surface area contributed by atoms with Crippen molar-refractivity contribution in [3.63, 3.8) is 0 Å². The van der Waals surface area contributed by atoms with Gasteiger partial charge in [0.05, 0.1) is 11.3 Å². The summed E-state index contributed by atoms with van der Waals surface area (Å²) in [6.45, 7) is 8.15. The van der Waals surface area contributed by atoms with Crippen molar-refractivity contribution in [3.8, 4) is 5.69 Å². The molecule has 1 aromatic carbocycles. The van der Waals surface area contributed by atoms with Gasteiger partial charge in [-0.15, -0.1) is 0 Å². The van der Waals surface area contributed by atoms with E-state index in [1.807, 2.05) is 76.4 Å². The topological polar surface area (TPSA) is 79.1 Å². The summed E-state index contributed by atoms with van der Waals surface area (Å²) in [4.78, 5) is 42.0. The van der Waals surface area contributed by atoms with Crippen LogP contribution in [0.4, 0.5) is 0 Å². The van der Waals surface area contributed by atoms with Crippen molar-refractivity contribution in [2.45, 2.75) is 40.5 Å². The first kappa shape index (κ1) is 22.5. The SMILES string of the molecule is CCc1ccc[n+](C2=C(c3c(CC)[nH]n(-c4ccccc4)c3=O)C(=O)N(CC(C)C)C2=O)c1. The second-order valence-corrected chi connectivity index (χ2v) is 8.61. The van der Waals surface area contributed by atoms with Gasteiger partial charge in [-0.1, -0.05) is 45.9 Å². The maximum Gasteiger partial charge on any atom is 0.326 e. The van der Waals surface area contributed by atoms with E-state index in [0.29, 0.717) is 17.8 Å². The quantitative estimate of drug-likeness (QED) is 0.449. The van der Waals surface area contributed by atoms with E-state index < -0.39 is 5.91 Å². The highest BCUT2D eigenvalue weighted by molar-refractivity contribution is 6.44. The van der Waals surface area contributed by atoms with Gasteiger partial charge in [0, 0.05) is 23.9 Å². The molecule has 3 aromatic rings. The largest absolute Gasteiger partial charge is 0.326 e. The summed E-state index contributed by atoms with van der Waals surface area (Å²) in [5.41, 5.74) is 2.62. The average Bonchev–Trinajstić information content (AvgIpc) is 3.27. The number of benzene rings is 1. The molecular formula is C26H29N4O3+. The number of aromatic amines is 1. The maximum atomic E-state index is 13.6. The van der Waals surface area contributed by atoms with E-state index in [-0.39, 0.29) is 40.8 Å². The molecule has 0 radical (unpaired) electrons. The third-order valence-corrected chi connectivity index (χ3v) is 5.80. The van der Waals surface area contributed by atoms with Gasteiger partial charge < -0.3 is 0 Å². The Balaban J connectivity index is 2.00. The van der Waals surface area contributed by atoms with Crippen LogP contribution in [0.1, 0.15) is 44.5 Å². The first-order valence-electron chi connectivity index (χ1n) is 11.4. The molecule has 2 amide bonds. The molecule has 2 aromatic heterocycles. The van der Waals surface area contributed by atoms with Gasteiger partial charge in [-0.2, -0.15) is 4.57 Å². The monoisotopic (exact) mass is 445 g/mol. The fourth-order valence-electron chi connectivity index (χ4n) is 4.19. The normalized spacial score (nSPS) is 14.2. The van der Waals surface area contributed by atoms with E-state index in [4.69, 9.17) is 0 Å². The van der Waals surface area contributed by atoms with Gasteiger partial charge in [0.15, 0.2) is 12.4 Å². The lowest BCUT2D eigenvalue weighted by Crippen LogP contribution is -2.41. The highest BCUT2D eigenvalue weighted by atomic mass is 16.2. The van der Waals surface area contributed by atoms with Crippen molar-refractivity contribution < 1.29 is 14.2 Å². The van der Waals surface area contributed by atoms with E-state index in [9.17, 15) is 14.4 Å². The summed E-state index contributed by atoms with van der Waals surface area (Å²) in [5.74, 6) is -0.705. The van der Waals surface area contributed by atoms with E-state index in [1.165, 1.54) is 9.58 Å². The molecule has 7 heteroatoms. The minimum absolute atomic E-state index is 0.100. The molecule has 0 saturated heterocycles. The average molecular weight is 446 g/mol. The first-order chi connectivity index (χ1) is 15.9. The number of aryl methyl sites for hydroxylation is 2. The summed E-state index contributed by atoms with van der Waals surface area (Å²) < 4.78 is 3.13. The molecule has 7 nitrogen and oxygen atoms in total. The lowest BCUT2D eigenvalue weighted by Gasteiger charge is -2.16. The van der Waals surface area contributed by atoms with Crippen molar-refractivity contribution in [2.24, 2.45) is 5.92 Å². The van der Waals surface area contributed by atoms with Crippen LogP contribution in [0.3, 0.4) is 0 Å². The van der Waals surface area contributed by atoms with E-state index in [0.717, 1.165) is 12.0 Å². The van der Waals surface area contributed by atoms with E-state index >= 15 is 0 Å². The highest BCUT2D eigenvalue weighted by Gasteiger charge is 2.47. The maximum absolute atomic E-state index is 13.6. The molecule has 1 N–H and O–H groups in total. The molecule has 0 unspecified atom stereocenters. The molecule has 0 fully saturated rings. The van der Waals surface area contributed by atoms with Crippen LogP contribution in [0, 0.1) is 5.92 Å². The van der Waals surface area contributed by atoms with E-state index in [2.05, 4.69) is 5.10 Å². The van der Waals surface area contributed by atoms with Gasteiger partial charge in [0.1, 0.15) is 5.57 Å². The third-order valence-electron chi connectivity index (χ3n) is 5.80. The number of pyridine rings is 1. The summed E-state index contributed by atoms with van der Waals surface area (Å²) in [7, 11) is 0. The second kappa shape index (κ2) is 9.02. The predicted molar refractivity (Wildman–Crippen MR) is 126 cm³/mol. The summed E-state index contributed by atoms with van der Waals surface area (Å²) in [5, 5.41) is 3.16. The molecule has 170 valence electrons. The number of hydrogen-bond acceptors (Lipinski definition) is 3. The van der Waals surface area contributed by atoms with Crippen LogP contribution in [-0.4, -0.2) is 33.0 Å². The lowest BCUT2D eigenvalue weighted by atomic mass is 10.0. The van der Waals surface area contributed by atoms with Crippen molar-refractivity contribution >= 4 is 23.1 Å². The van der Waals surface area contributed by atoms with Crippen LogP contribution in [0.2, 0.25) is 0 Å². The number of nitrogens with one attached hydrogen (secondary N) is 1. The van der Waals surface area contributed by atoms with Crippen LogP contribution >= 0.6 is 0 Å². The smallest absolute Gasteiger partial charge is 0.294 e. The van der Waals surface area contributed by atoms with Gasteiger partial charge in [0.2, 0.25) is 0 Å². The fourth-order valence-corrected chi connectivity index (χ4v) is 4.19. The summed E-state index contributed by atoms with van der Waals surface area (Å²) in [6, 6.07) is 13.0. The van der Waals surface area contributed by atoms with Gasteiger partial charge in [-0.25, -0.2) is 4.68 Å². The van der Waals surface area contributed by atoms with Crippen molar-refractivity contribution in [2.75, 3.05) is 6.54 Å². The Morgan fingerprint density at radius 1 is 0.939 bits per heavy atom. The van der Waals surface area contributed by atoms with Crippen molar-refractivity contribution in [1.82, 2.24) is 14.7 Å². The molecule has 33 heavy (non-hydrogen) atoms. The number of nitrogens with zero attached hydrogens (tertiary/aromatic N) is 3. The number of aromatic nitrogens is 3. The van der Waals surface area contributed by atoms with E-state index in [1.54, 1.807) is 10.8 Å². The molecule has 0 aliphatic carbocycles. The molecule has 0 spiro atoms. The number of H-pyrrole nitrogens is 1. The van der Waals surface area contributed by atoms with Crippen LogP contribution < -0.4 is 10.1 Å². The first-order valence-corrected chi connectivity index (χ1v) is 11.4.